The molecule has 0 N–H and O–H groups in total. The molecule has 0 amide bonds. The van der Waals surface area contributed by atoms with Gasteiger partial charge in [0.15, 0.2) is 0 Å². The summed E-state index contributed by atoms with van der Waals surface area (Å²) in [5.41, 5.74) is 18.8. The zero-order chi connectivity index (χ0) is 34.0. The molecule has 7 aliphatic rings. The van der Waals surface area contributed by atoms with Crippen molar-refractivity contribution in [2.45, 2.75) is 68.6 Å². The van der Waals surface area contributed by atoms with Gasteiger partial charge < -0.3 is 4.90 Å². The molecule has 0 radical (unpaired) electrons. The molecule has 5 saturated carbocycles. The Labute approximate surface area is 308 Å². The van der Waals surface area contributed by atoms with Crippen molar-refractivity contribution >= 4 is 17.1 Å². The third-order valence-corrected chi connectivity index (χ3v) is 15.0. The summed E-state index contributed by atoms with van der Waals surface area (Å²) in [6, 6.07) is 54.0. The number of hydrogen-bond acceptors (Lipinski definition) is 1. The Morgan fingerprint density at radius 2 is 1.06 bits per heavy atom. The second kappa shape index (κ2) is 10.8. The van der Waals surface area contributed by atoms with E-state index in [0.717, 1.165) is 23.7 Å². The summed E-state index contributed by atoms with van der Waals surface area (Å²) in [7, 11) is 0. The first kappa shape index (κ1) is 29.7. The van der Waals surface area contributed by atoms with Crippen LogP contribution in [0.1, 0.15) is 80.0 Å². The molecule has 1 heteroatoms. The van der Waals surface area contributed by atoms with Gasteiger partial charge in [0.05, 0.1) is 5.69 Å². The van der Waals surface area contributed by atoms with Crippen molar-refractivity contribution in [1.82, 2.24) is 0 Å². The van der Waals surface area contributed by atoms with Crippen molar-refractivity contribution in [2.75, 3.05) is 4.90 Å². The SMILES string of the molecule is c1ccc(-c2cccc(N(c3ccc4c(c3)C3(c5ccccc5-4)C4CC5CC(C4)CC3C5)c3cccc4c3-c3ccccc3C43CCCC3)c2)cc1. The monoisotopic (exact) mass is 671 g/mol. The van der Waals surface area contributed by atoms with Gasteiger partial charge in [0.2, 0.25) is 0 Å². The van der Waals surface area contributed by atoms with Gasteiger partial charge in [-0.1, -0.05) is 122 Å². The van der Waals surface area contributed by atoms with Gasteiger partial charge in [-0.2, -0.15) is 0 Å². The number of benzene rings is 6. The molecule has 2 spiro atoms. The summed E-state index contributed by atoms with van der Waals surface area (Å²) >= 11 is 0. The van der Waals surface area contributed by atoms with E-state index in [1.165, 1.54) is 108 Å². The molecule has 4 bridgehead atoms. The van der Waals surface area contributed by atoms with Crippen LogP contribution in [0, 0.1) is 23.7 Å². The molecule has 0 aromatic heterocycles. The minimum absolute atomic E-state index is 0.128. The van der Waals surface area contributed by atoms with E-state index in [-0.39, 0.29) is 10.8 Å². The predicted molar refractivity (Wildman–Crippen MR) is 215 cm³/mol. The molecule has 0 atom stereocenters. The van der Waals surface area contributed by atoms with Crippen LogP contribution in [0.2, 0.25) is 0 Å². The fourth-order valence-electron chi connectivity index (χ4n) is 13.4. The lowest BCUT2D eigenvalue weighted by molar-refractivity contribution is -0.0399. The molecule has 254 valence electrons. The fraction of sp³-hybridized carbons (Fsp3) is 0.294. The van der Waals surface area contributed by atoms with Crippen LogP contribution in [0.15, 0.2) is 140 Å². The zero-order valence-corrected chi connectivity index (χ0v) is 29.9. The van der Waals surface area contributed by atoms with Crippen LogP contribution < -0.4 is 4.90 Å². The molecule has 5 fully saturated rings. The molecule has 7 aliphatic carbocycles. The molecule has 0 saturated heterocycles. The minimum Gasteiger partial charge on any atom is -0.310 e. The Morgan fingerprint density at radius 1 is 0.442 bits per heavy atom. The van der Waals surface area contributed by atoms with E-state index in [2.05, 4.69) is 144 Å². The van der Waals surface area contributed by atoms with Gasteiger partial charge in [0.1, 0.15) is 0 Å². The molecule has 0 heterocycles. The van der Waals surface area contributed by atoms with Crippen LogP contribution in [0.25, 0.3) is 33.4 Å². The van der Waals surface area contributed by atoms with Crippen molar-refractivity contribution in [1.29, 1.82) is 0 Å². The van der Waals surface area contributed by atoms with Crippen LogP contribution in [0.3, 0.4) is 0 Å². The smallest absolute Gasteiger partial charge is 0.0543 e. The van der Waals surface area contributed by atoms with Gasteiger partial charge in [-0.3, -0.25) is 0 Å². The summed E-state index contributed by atoms with van der Waals surface area (Å²) in [6.07, 6.45) is 12.2. The van der Waals surface area contributed by atoms with Crippen LogP contribution >= 0.6 is 0 Å². The number of fused-ring (bicyclic) bond motifs is 8. The second-order valence-corrected chi connectivity index (χ2v) is 17.2. The molecular formula is C51H45N. The van der Waals surface area contributed by atoms with Crippen molar-refractivity contribution in [2.24, 2.45) is 23.7 Å². The predicted octanol–water partition coefficient (Wildman–Crippen LogP) is 13.4. The average Bonchev–Trinajstić information content (AvgIpc) is 3.88. The number of anilines is 3. The Hall–Kier alpha value is -4.88. The highest BCUT2D eigenvalue weighted by Crippen LogP contribution is 2.70. The van der Waals surface area contributed by atoms with Gasteiger partial charge >= 0.3 is 0 Å². The number of hydrogen-bond donors (Lipinski definition) is 0. The highest BCUT2D eigenvalue weighted by Gasteiger charge is 2.61. The lowest BCUT2D eigenvalue weighted by atomic mass is 9.43. The summed E-state index contributed by atoms with van der Waals surface area (Å²) in [4.78, 5) is 2.64. The summed E-state index contributed by atoms with van der Waals surface area (Å²) in [6.45, 7) is 0. The van der Waals surface area contributed by atoms with Gasteiger partial charge in [-0.15, -0.1) is 0 Å². The fourth-order valence-corrected chi connectivity index (χ4v) is 13.4. The highest BCUT2D eigenvalue weighted by atomic mass is 15.1. The molecular weight excluding hydrogens is 627 g/mol. The van der Waals surface area contributed by atoms with E-state index in [4.69, 9.17) is 0 Å². The van der Waals surface area contributed by atoms with E-state index in [1.54, 1.807) is 22.3 Å². The van der Waals surface area contributed by atoms with Crippen LogP contribution in [0.4, 0.5) is 17.1 Å². The Kier molecular flexibility index (Phi) is 6.18. The van der Waals surface area contributed by atoms with E-state index in [1.807, 2.05) is 0 Å². The topological polar surface area (TPSA) is 3.24 Å². The first-order chi connectivity index (χ1) is 25.7. The Morgan fingerprint density at radius 3 is 1.85 bits per heavy atom. The third-order valence-electron chi connectivity index (χ3n) is 15.0. The van der Waals surface area contributed by atoms with E-state index < -0.39 is 0 Å². The van der Waals surface area contributed by atoms with Crippen LogP contribution in [-0.4, -0.2) is 0 Å². The second-order valence-electron chi connectivity index (χ2n) is 17.2. The zero-order valence-electron chi connectivity index (χ0n) is 29.9. The summed E-state index contributed by atoms with van der Waals surface area (Å²) in [5, 5.41) is 0. The first-order valence-electron chi connectivity index (χ1n) is 20.2. The van der Waals surface area contributed by atoms with E-state index >= 15 is 0 Å². The molecule has 6 aromatic carbocycles. The molecule has 1 nitrogen and oxygen atoms in total. The van der Waals surface area contributed by atoms with Crippen molar-refractivity contribution in [3.05, 3.63) is 162 Å². The Balaban J connectivity index is 1.11. The third kappa shape index (κ3) is 3.85. The maximum absolute atomic E-state index is 2.68. The maximum atomic E-state index is 2.68. The molecule has 0 unspecified atom stereocenters. The molecule has 0 aliphatic heterocycles. The lowest BCUT2D eigenvalue weighted by Crippen LogP contribution is -2.55. The number of rotatable bonds is 4. The summed E-state index contributed by atoms with van der Waals surface area (Å²) < 4.78 is 0. The Bertz CT molecular complexity index is 2360. The minimum atomic E-state index is 0.128. The average molecular weight is 672 g/mol. The van der Waals surface area contributed by atoms with E-state index in [0.29, 0.717) is 0 Å². The maximum Gasteiger partial charge on any atom is 0.0543 e. The molecule has 52 heavy (non-hydrogen) atoms. The highest BCUT2D eigenvalue weighted by molar-refractivity contribution is 5.96. The first-order valence-corrected chi connectivity index (χ1v) is 20.2. The normalized spacial score (nSPS) is 26.4. The van der Waals surface area contributed by atoms with Crippen LogP contribution in [0.5, 0.6) is 0 Å². The van der Waals surface area contributed by atoms with Gasteiger partial charge in [-0.05, 0) is 149 Å². The van der Waals surface area contributed by atoms with Crippen molar-refractivity contribution in [3.63, 3.8) is 0 Å². The van der Waals surface area contributed by atoms with Gasteiger partial charge in [0, 0.05) is 27.8 Å². The molecule has 13 rings (SSSR count). The largest absolute Gasteiger partial charge is 0.310 e. The quantitative estimate of drug-likeness (QED) is 0.180. The van der Waals surface area contributed by atoms with Gasteiger partial charge in [-0.25, -0.2) is 0 Å². The summed E-state index contributed by atoms with van der Waals surface area (Å²) in [5.74, 6) is 3.34. The standard InChI is InChI=1S/C51H45N/c1-2-12-35(13-3-1)36-14-10-15-39(31-36)52(48-21-11-20-46-49(48)43-17-5-6-18-44(43)50(46)24-8-9-25-50)40-22-23-42-41-16-4-7-19-45(41)51(47(42)32-40)37-27-33-26-34(29-37)30-38(51)28-33/h1-7,10-23,31-34,37-38H,8-9,24-30H2. The van der Waals surface area contributed by atoms with Crippen molar-refractivity contribution < 1.29 is 0 Å². The van der Waals surface area contributed by atoms with Gasteiger partial charge in [0.25, 0.3) is 0 Å². The molecule has 6 aromatic rings. The van der Waals surface area contributed by atoms with E-state index in [9.17, 15) is 0 Å². The number of nitrogens with zero attached hydrogens (tertiary/aromatic N) is 1. The van der Waals surface area contributed by atoms with Crippen LogP contribution in [-0.2, 0) is 10.8 Å². The van der Waals surface area contributed by atoms with Crippen molar-refractivity contribution in [3.8, 4) is 33.4 Å². The lowest BCUT2D eigenvalue weighted by Gasteiger charge is -2.61.